The Balaban J connectivity index is 1.63. The van der Waals surface area contributed by atoms with E-state index in [0.29, 0.717) is 6.54 Å². The lowest BCUT2D eigenvalue weighted by atomic mass is 9.76. The maximum atomic E-state index is 13.0. The van der Waals surface area contributed by atoms with E-state index in [9.17, 15) is 4.79 Å². The molecule has 1 amide bonds. The smallest absolute Gasteiger partial charge is 0.241 e. The molecule has 0 radical (unpaired) electrons. The number of rotatable bonds is 1. The van der Waals surface area contributed by atoms with Gasteiger partial charge in [-0.3, -0.25) is 4.79 Å². The molecule has 6 heteroatoms. The van der Waals surface area contributed by atoms with Gasteiger partial charge in [-0.15, -0.1) is 0 Å². The predicted octanol–water partition coefficient (Wildman–Crippen LogP) is 4.99. The first-order valence-corrected chi connectivity index (χ1v) is 11.3. The molecule has 0 spiro atoms. The Bertz CT molecular complexity index is 1330. The van der Waals surface area contributed by atoms with Crippen molar-refractivity contribution in [2.24, 2.45) is 7.05 Å². The SMILES string of the molecule is CC1NCCC(C)(c2cncn2C)c2cccc(c2)Oc2ccc3cccc(c3c2)NC1=O. The average Bonchev–Trinajstić information content (AvgIpc) is 3.25. The number of hydrogen-bond acceptors (Lipinski definition) is 4. The Morgan fingerprint density at radius 2 is 1.91 bits per heavy atom. The zero-order valence-electron chi connectivity index (χ0n) is 19.1. The lowest BCUT2D eigenvalue weighted by molar-refractivity contribution is -0.117. The van der Waals surface area contributed by atoms with Gasteiger partial charge in [-0.25, -0.2) is 4.98 Å². The second kappa shape index (κ2) is 8.37. The number of nitrogens with one attached hydrogen (secondary N) is 2. The van der Waals surface area contributed by atoms with Gasteiger partial charge in [-0.2, -0.15) is 0 Å². The highest BCUT2D eigenvalue weighted by Gasteiger charge is 2.32. The maximum Gasteiger partial charge on any atom is 0.241 e. The molecule has 2 unspecified atom stereocenters. The van der Waals surface area contributed by atoms with Crippen molar-refractivity contribution in [3.8, 4) is 11.5 Å². The normalized spacial score (nSPS) is 21.2. The van der Waals surface area contributed by atoms with Crippen molar-refractivity contribution in [2.75, 3.05) is 11.9 Å². The van der Waals surface area contributed by atoms with Gasteiger partial charge in [-0.1, -0.05) is 30.3 Å². The number of aryl methyl sites for hydroxylation is 1. The summed E-state index contributed by atoms with van der Waals surface area (Å²) in [5.74, 6) is 1.44. The van der Waals surface area contributed by atoms with Crippen molar-refractivity contribution in [3.05, 3.63) is 84.4 Å². The Kier molecular flexibility index (Phi) is 5.38. The molecule has 4 aromatic rings. The van der Waals surface area contributed by atoms with Crippen LogP contribution in [0.5, 0.6) is 11.5 Å². The summed E-state index contributed by atoms with van der Waals surface area (Å²) in [7, 11) is 2.01. The van der Waals surface area contributed by atoms with Crippen LogP contribution in [0.2, 0.25) is 0 Å². The number of anilines is 1. The Morgan fingerprint density at radius 3 is 2.73 bits per heavy atom. The van der Waals surface area contributed by atoms with Crippen LogP contribution in [0.4, 0.5) is 5.69 Å². The fourth-order valence-electron chi connectivity index (χ4n) is 4.64. The monoisotopic (exact) mass is 440 g/mol. The second-order valence-electron chi connectivity index (χ2n) is 8.96. The van der Waals surface area contributed by atoms with Crippen LogP contribution < -0.4 is 15.4 Å². The van der Waals surface area contributed by atoms with Gasteiger partial charge >= 0.3 is 0 Å². The summed E-state index contributed by atoms with van der Waals surface area (Å²) in [6, 6.07) is 19.8. The highest BCUT2D eigenvalue weighted by atomic mass is 16.5. The number of carbonyl (C=O) groups excluding carboxylic acids is 1. The molecule has 33 heavy (non-hydrogen) atoms. The van der Waals surface area contributed by atoms with E-state index in [1.54, 1.807) is 0 Å². The number of fused-ring (bicyclic) bond motifs is 3. The minimum absolute atomic E-state index is 0.0634. The van der Waals surface area contributed by atoms with Crippen molar-refractivity contribution >= 4 is 22.4 Å². The summed E-state index contributed by atoms with van der Waals surface area (Å²) in [6.07, 6.45) is 4.53. The van der Waals surface area contributed by atoms with Gasteiger partial charge in [0.05, 0.1) is 12.4 Å². The number of amides is 1. The molecule has 2 atom stereocenters. The number of aromatic nitrogens is 2. The van der Waals surface area contributed by atoms with Crippen LogP contribution in [0.25, 0.3) is 10.8 Å². The molecule has 6 nitrogen and oxygen atoms in total. The predicted molar refractivity (Wildman–Crippen MR) is 131 cm³/mol. The number of nitrogens with zero attached hydrogens (tertiary/aromatic N) is 2. The Morgan fingerprint density at radius 1 is 1.09 bits per heavy atom. The third-order valence-electron chi connectivity index (χ3n) is 6.67. The zero-order chi connectivity index (χ0) is 23.0. The summed E-state index contributed by atoms with van der Waals surface area (Å²) in [6.45, 7) is 4.78. The van der Waals surface area contributed by atoms with Gasteiger partial charge in [0.15, 0.2) is 0 Å². The molecule has 1 aliphatic heterocycles. The minimum atomic E-state index is -0.341. The molecule has 1 aliphatic rings. The molecule has 3 aromatic carbocycles. The standard InChI is InChI=1S/C27H28N4O2/c1-18-26(32)30-24-9-4-6-19-10-11-22(15-23(19)24)33-21-8-5-7-20(14-21)27(2,12-13-29-18)25-16-28-17-31(25)3/h4-11,14-18,29H,12-13H2,1-3H3,(H,30,32). The van der Waals surface area contributed by atoms with Crippen LogP contribution in [0, 0.1) is 0 Å². The first-order chi connectivity index (χ1) is 15.9. The largest absolute Gasteiger partial charge is 0.457 e. The zero-order valence-corrected chi connectivity index (χ0v) is 19.1. The van der Waals surface area contributed by atoms with E-state index in [1.165, 1.54) is 0 Å². The van der Waals surface area contributed by atoms with E-state index in [2.05, 4.69) is 39.2 Å². The molecule has 5 rings (SSSR count). The molecular formula is C27H28N4O2. The molecule has 0 saturated carbocycles. The van der Waals surface area contributed by atoms with Crippen molar-refractivity contribution < 1.29 is 9.53 Å². The highest BCUT2D eigenvalue weighted by molar-refractivity contribution is 6.04. The summed E-state index contributed by atoms with van der Waals surface area (Å²) in [5.41, 5.74) is 2.71. The molecule has 4 bridgehead atoms. The van der Waals surface area contributed by atoms with Gasteiger partial charge in [0.2, 0.25) is 5.91 Å². The molecule has 1 aromatic heterocycles. The molecule has 0 saturated heterocycles. The van der Waals surface area contributed by atoms with Gasteiger partial charge in [0.25, 0.3) is 0 Å². The van der Waals surface area contributed by atoms with Crippen LogP contribution in [-0.2, 0) is 17.3 Å². The van der Waals surface area contributed by atoms with Crippen molar-refractivity contribution in [1.29, 1.82) is 0 Å². The molecule has 2 N–H and O–H groups in total. The first kappa shape index (κ1) is 21.2. The van der Waals surface area contributed by atoms with E-state index < -0.39 is 0 Å². The van der Waals surface area contributed by atoms with Crippen LogP contribution in [-0.4, -0.2) is 28.0 Å². The first-order valence-electron chi connectivity index (χ1n) is 11.3. The van der Waals surface area contributed by atoms with Crippen LogP contribution in [0.3, 0.4) is 0 Å². The minimum Gasteiger partial charge on any atom is -0.457 e. The van der Waals surface area contributed by atoms with E-state index in [1.807, 2.05) is 75.0 Å². The number of ether oxygens (including phenoxy) is 1. The van der Waals surface area contributed by atoms with E-state index >= 15 is 0 Å². The third kappa shape index (κ3) is 3.98. The topological polar surface area (TPSA) is 68.2 Å². The summed E-state index contributed by atoms with van der Waals surface area (Å²) in [5, 5.41) is 8.49. The third-order valence-corrected chi connectivity index (χ3v) is 6.67. The van der Waals surface area contributed by atoms with Crippen LogP contribution in [0.15, 0.2) is 73.2 Å². The molecule has 2 heterocycles. The molecule has 0 aliphatic carbocycles. The molecule has 0 fully saturated rings. The van der Waals surface area contributed by atoms with Gasteiger partial charge in [-0.05, 0) is 68.1 Å². The number of benzene rings is 3. The van der Waals surface area contributed by atoms with Gasteiger partial charge in [0.1, 0.15) is 11.5 Å². The second-order valence-corrected chi connectivity index (χ2v) is 8.96. The number of imidazole rings is 1. The summed E-state index contributed by atoms with van der Waals surface area (Å²) in [4.78, 5) is 17.3. The highest BCUT2D eigenvalue weighted by Crippen LogP contribution is 2.38. The number of hydrogen-bond donors (Lipinski definition) is 2. The van der Waals surface area contributed by atoms with Gasteiger partial charge in [0, 0.05) is 35.4 Å². The Labute approximate surface area is 193 Å². The van der Waals surface area contributed by atoms with E-state index in [0.717, 1.165) is 45.6 Å². The van der Waals surface area contributed by atoms with Crippen molar-refractivity contribution in [1.82, 2.24) is 14.9 Å². The summed E-state index contributed by atoms with van der Waals surface area (Å²) < 4.78 is 8.35. The lowest BCUT2D eigenvalue weighted by Gasteiger charge is -2.31. The Hall–Kier alpha value is -3.64. The van der Waals surface area contributed by atoms with Crippen LogP contribution >= 0.6 is 0 Å². The van der Waals surface area contributed by atoms with Gasteiger partial charge < -0.3 is 19.9 Å². The molecular weight excluding hydrogens is 412 g/mol. The van der Waals surface area contributed by atoms with E-state index in [-0.39, 0.29) is 17.4 Å². The lowest BCUT2D eigenvalue weighted by Crippen LogP contribution is -2.40. The average molecular weight is 441 g/mol. The maximum absolute atomic E-state index is 13.0. The van der Waals surface area contributed by atoms with Crippen LogP contribution in [0.1, 0.15) is 31.5 Å². The molecule has 168 valence electrons. The quantitative estimate of drug-likeness (QED) is 0.437. The summed E-state index contributed by atoms with van der Waals surface area (Å²) >= 11 is 0. The number of carbonyl (C=O) groups is 1. The van der Waals surface area contributed by atoms with Crippen molar-refractivity contribution in [3.63, 3.8) is 0 Å². The fraction of sp³-hybridized carbons (Fsp3) is 0.259. The fourth-order valence-corrected chi connectivity index (χ4v) is 4.64. The van der Waals surface area contributed by atoms with E-state index in [4.69, 9.17) is 4.74 Å². The van der Waals surface area contributed by atoms with Crippen molar-refractivity contribution in [2.45, 2.75) is 31.7 Å².